The van der Waals surface area contributed by atoms with Gasteiger partial charge in [0.1, 0.15) is 17.5 Å². The van der Waals surface area contributed by atoms with Crippen molar-refractivity contribution in [1.82, 2.24) is 5.23 Å². The normalized spacial score (nSPS) is 14.0. The zero-order valence-corrected chi connectivity index (χ0v) is 13.6. The number of nitrogen functional groups attached to an aromatic ring is 1. The molecule has 124 valence electrons. The van der Waals surface area contributed by atoms with E-state index in [1.807, 2.05) is 48.5 Å². The molecule has 0 fully saturated rings. The number of allylic oxidation sites excluding steroid dienone is 2. The van der Waals surface area contributed by atoms with Gasteiger partial charge in [-0.2, -0.15) is 5.26 Å². The van der Waals surface area contributed by atoms with Crippen LogP contribution in [0.5, 0.6) is 5.75 Å². The first kappa shape index (κ1) is 16.5. The Morgan fingerprint density at radius 2 is 1.88 bits per heavy atom. The quantitative estimate of drug-likeness (QED) is 0.619. The van der Waals surface area contributed by atoms with Crippen molar-refractivity contribution in [2.45, 2.75) is 0 Å². The highest BCUT2D eigenvalue weighted by molar-refractivity contribution is 6.56. The van der Waals surface area contributed by atoms with Gasteiger partial charge in [0.05, 0.1) is 12.8 Å². The third kappa shape index (κ3) is 3.28. The van der Waals surface area contributed by atoms with Gasteiger partial charge in [-0.15, -0.1) is 0 Å². The van der Waals surface area contributed by atoms with Crippen LogP contribution in [0.25, 0.3) is 6.08 Å². The number of nitrogens with two attached hydrogens (primary N) is 1. The van der Waals surface area contributed by atoms with Gasteiger partial charge in [0, 0.05) is 11.4 Å². The van der Waals surface area contributed by atoms with Gasteiger partial charge in [0.25, 0.3) is 0 Å². The minimum atomic E-state index is -1.37. The van der Waals surface area contributed by atoms with Crippen LogP contribution in [0.4, 0.5) is 15.7 Å². The Balaban J connectivity index is 0.000000173. The van der Waals surface area contributed by atoms with Crippen LogP contribution in [0.3, 0.4) is 0 Å². The Hall–Kier alpha value is -3.40. The lowest BCUT2D eigenvalue weighted by Gasteiger charge is -2.25. The van der Waals surface area contributed by atoms with Crippen molar-refractivity contribution in [2.75, 3.05) is 17.7 Å². The molecule has 0 saturated carbocycles. The van der Waals surface area contributed by atoms with Gasteiger partial charge < -0.3 is 20.5 Å². The molecular formula is C18H16BFN4O. The van der Waals surface area contributed by atoms with E-state index in [9.17, 15) is 4.32 Å². The SMILES string of the molecule is COc1ccc(N)cc1.N#CC1=C2C=Cc3ccccc3N2B(F)N1. The van der Waals surface area contributed by atoms with E-state index in [4.69, 9.17) is 15.7 Å². The monoisotopic (exact) mass is 334 g/mol. The first-order chi connectivity index (χ1) is 12.1. The second-order valence-corrected chi connectivity index (χ2v) is 5.39. The maximum absolute atomic E-state index is 13.8. The van der Waals surface area contributed by atoms with Gasteiger partial charge in [-0.25, -0.2) is 0 Å². The maximum Gasteiger partial charge on any atom is 0.590 e. The van der Waals surface area contributed by atoms with Gasteiger partial charge in [0.15, 0.2) is 0 Å². The van der Waals surface area contributed by atoms with Crippen molar-refractivity contribution in [1.29, 1.82) is 5.26 Å². The Morgan fingerprint density at radius 3 is 2.56 bits per heavy atom. The van der Waals surface area contributed by atoms with Crippen LogP contribution in [-0.2, 0) is 0 Å². The number of nitrogens with one attached hydrogen (secondary N) is 1. The van der Waals surface area contributed by atoms with Crippen LogP contribution in [0.1, 0.15) is 5.56 Å². The molecular weight excluding hydrogens is 318 g/mol. The molecule has 3 N–H and O–H groups in total. The fourth-order valence-corrected chi connectivity index (χ4v) is 2.63. The van der Waals surface area contributed by atoms with Crippen LogP contribution >= 0.6 is 0 Å². The maximum atomic E-state index is 13.8. The third-order valence-corrected chi connectivity index (χ3v) is 3.85. The number of rotatable bonds is 1. The Morgan fingerprint density at radius 1 is 1.16 bits per heavy atom. The van der Waals surface area contributed by atoms with Gasteiger partial charge in [-0.3, -0.25) is 4.32 Å². The number of nitrogens with zero attached hydrogens (tertiary/aromatic N) is 2. The molecule has 0 radical (unpaired) electrons. The zero-order valence-electron chi connectivity index (χ0n) is 13.6. The van der Waals surface area contributed by atoms with Crippen molar-refractivity contribution in [2.24, 2.45) is 0 Å². The van der Waals surface area contributed by atoms with Crippen LogP contribution in [-0.4, -0.2) is 14.4 Å². The zero-order chi connectivity index (χ0) is 17.8. The Bertz CT molecular complexity index is 873. The summed E-state index contributed by atoms with van der Waals surface area (Å²) in [6.45, 7) is 0. The number of methoxy groups -OCH3 is 1. The molecule has 2 aliphatic rings. The van der Waals surface area contributed by atoms with E-state index in [2.05, 4.69) is 5.23 Å². The predicted molar refractivity (Wildman–Crippen MR) is 98.0 cm³/mol. The topological polar surface area (TPSA) is 74.3 Å². The second-order valence-electron chi connectivity index (χ2n) is 5.39. The lowest BCUT2D eigenvalue weighted by molar-refractivity contribution is 0.415. The van der Waals surface area contributed by atoms with Gasteiger partial charge in [-0.1, -0.05) is 24.3 Å². The number of benzene rings is 2. The van der Waals surface area contributed by atoms with Crippen molar-refractivity contribution < 1.29 is 9.05 Å². The molecule has 0 bridgehead atoms. The van der Waals surface area contributed by atoms with Crippen LogP contribution in [0.2, 0.25) is 0 Å². The largest absolute Gasteiger partial charge is 0.590 e. The molecule has 5 nitrogen and oxygen atoms in total. The van der Waals surface area contributed by atoms with Gasteiger partial charge >= 0.3 is 7.26 Å². The van der Waals surface area contributed by atoms with E-state index in [1.54, 1.807) is 25.3 Å². The molecule has 4 rings (SSSR count). The molecule has 0 unspecified atom stereocenters. The standard InChI is InChI=1S/C11H7BFN3.C7H9NO/c13-12-15-9(7-14)11-6-5-8-3-1-2-4-10(8)16(11)12;1-9-7-4-2-6(8)3-5-7/h1-6,15H;2-5H,8H2,1H3. The molecule has 2 aromatic rings. The Kier molecular flexibility index (Phi) is 4.62. The molecule has 0 spiro atoms. The third-order valence-electron chi connectivity index (χ3n) is 3.85. The summed E-state index contributed by atoms with van der Waals surface area (Å²) in [5, 5.41) is 11.4. The minimum absolute atomic E-state index is 0.276. The van der Waals surface area contributed by atoms with E-state index in [-0.39, 0.29) is 5.70 Å². The van der Waals surface area contributed by atoms with E-state index in [1.165, 1.54) is 4.81 Å². The Labute approximate surface area is 146 Å². The number of fused-ring (bicyclic) bond motifs is 3. The molecule has 0 atom stereocenters. The number of nitriles is 1. The summed E-state index contributed by atoms with van der Waals surface area (Å²) in [6, 6.07) is 16.7. The molecule has 2 aromatic carbocycles. The average molecular weight is 334 g/mol. The van der Waals surface area contributed by atoms with Crippen LogP contribution in [0, 0.1) is 11.3 Å². The van der Waals surface area contributed by atoms with E-state index >= 15 is 0 Å². The fourth-order valence-electron chi connectivity index (χ4n) is 2.63. The van der Waals surface area contributed by atoms with Crippen molar-refractivity contribution in [3.8, 4) is 11.8 Å². The molecule has 0 aromatic heterocycles. The van der Waals surface area contributed by atoms with E-state index in [0.717, 1.165) is 22.7 Å². The van der Waals surface area contributed by atoms with Gasteiger partial charge in [-0.05, 0) is 42.0 Å². The second kappa shape index (κ2) is 7.01. The van der Waals surface area contributed by atoms with Gasteiger partial charge in [0.2, 0.25) is 0 Å². The van der Waals surface area contributed by atoms with Crippen LogP contribution < -0.4 is 20.5 Å². The van der Waals surface area contributed by atoms with Crippen LogP contribution in [0.15, 0.2) is 66.0 Å². The summed E-state index contributed by atoms with van der Waals surface area (Å²) in [6.07, 6.45) is 3.64. The first-order valence-electron chi connectivity index (χ1n) is 7.65. The number of halogens is 1. The lowest BCUT2D eigenvalue weighted by atomic mass is 9.97. The number of anilines is 2. The summed E-state index contributed by atoms with van der Waals surface area (Å²) in [5.74, 6) is 0.837. The van der Waals surface area contributed by atoms with E-state index < -0.39 is 7.26 Å². The van der Waals surface area contributed by atoms with E-state index in [0.29, 0.717) is 5.70 Å². The summed E-state index contributed by atoms with van der Waals surface area (Å²) < 4.78 is 18.7. The highest BCUT2D eigenvalue weighted by Gasteiger charge is 2.39. The summed E-state index contributed by atoms with van der Waals surface area (Å²) in [4.78, 5) is 1.49. The van der Waals surface area contributed by atoms with Crippen molar-refractivity contribution in [3.05, 3.63) is 71.6 Å². The lowest BCUT2D eigenvalue weighted by Crippen LogP contribution is -2.39. The molecule has 7 heteroatoms. The predicted octanol–water partition coefficient (Wildman–Crippen LogP) is 3.09. The van der Waals surface area contributed by atoms with Crippen molar-refractivity contribution >= 4 is 24.7 Å². The molecule has 0 amide bonds. The molecule has 2 heterocycles. The van der Waals surface area contributed by atoms with Crippen molar-refractivity contribution in [3.63, 3.8) is 0 Å². The highest BCUT2D eigenvalue weighted by Crippen LogP contribution is 2.35. The molecule has 25 heavy (non-hydrogen) atoms. The summed E-state index contributed by atoms with van der Waals surface area (Å²) in [5.41, 5.74) is 8.79. The number of hydrogen-bond donors (Lipinski definition) is 2. The fraction of sp³-hybridized carbons (Fsp3) is 0.0556. The number of hydrogen-bond acceptors (Lipinski definition) is 5. The molecule has 0 saturated heterocycles. The average Bonchev–Trinajstić information content (AvgIpc) is 2.99. The summed E-state index contributed by atoms with van der Waals surface area (Å²) in [7, 11) is 0.265. The summed E-state index contributed by atoms with van der Waals surface area (Å²) >= 11 is 0. The smallest absolute Gasteiger partial charge is 0.497 e. The number of para-hydroxylation sites is 1. The molecule has 0 aliphatic carbocycles. The molecule has 2 aliphatic heterocycles. The number of ether oxygens (including phenoxy) is 1. The first-order valence-corrected chi connectivity index (χ1v) is 7.65. The minimum Gasteiger partial charge on any atom is -0.497 e. The highest BCUT2D eigenvalue weighted by atomic mass is 19.1.